The van der Waals surface area contributed by atoms with Crippen LogP contribution in [-0.2, 0) is 0 Å². The smallest absolute Gasteiger partial charge is 0.317 e. The highest BCUT2D eigenvalue weighted by Gasteiger charge is 2.37. The van der Waals surface area contributed by atoms with Gasteiger partial charge in [0.1, 0.15) is 0 Å². The molecule has 2 aliphatic rings. The summed E-state index contributed by atoms with van der Waals surface area (Å²) in [7, 11) is 0. The topological polar surface area (TPSA) is 32.3 Å². The van der Waals surface area contributed by atoms with Crippen LogP contribution in [0.1, 0.15) is 39.5 Å². The number of piperidine rings is 1. The Bertz CT molecular complexity index is 240. The van der Waals surface area contributed by atoms with Crippen molar-refractivity contribution in [3.63, 3.8) is 0 Å². The lowest BCUT2D eigenvalue weighted by molar-refractivity contribution is 0.172. The third kappa shape index (κ3) is 2.86. The molecular weight excluding hydrogens is 188 g/mol. The number of urea groups is 1. The summed E-state index contributed by atoms with van der Waals surface area (Å²) in [4.78, 5) is 13.8. The summed E-state index contributed by atoms with van der Waals surface area (Å²) in [6.07, 6.45) is 4.85. The average molecular weight is 210 g/mol. The molecule has 0 unspecified atom stereocenters. The van der Waals surface area contributed by atoms with Crippen molar-refractivity contribution < 1.29 is 4.79 Å². The second-order valence-electron chi connectivity index (χ2n) is 5.64. The van der Waals surface area contributed by atoms with E-state index in [2.05, 4.69) is 19.2 Å². The predicted octanol–water partition coefficient (Wildman–Crippen LogP) is 2.23. The van der Waals surface area contributed by atoms with E-state index < -0.39 is 0 Å². The van der Waals surface area contributed by atoms with Crippen LogP contribution >= 0.6 is 0 Å². The fourth-order valence-corrected chi connectivity index (χ4v) is 2.00. The fourth-order valence-electron chi connectivity index (χ4n) is 2.00. The van der Waals surface area contributed by atoms with Gasteiger partial charge in [0.15, 0.2) is 0 Å². The first-order valence-electron chi connectivity index (χ1n) is 6.12. The molecule has 0 aromatic rings. The minimum absolute atomic E-state index is 0.148. The van der Waals surface area contributed by atoms with Crippen LogP contribution in [0.4, 0.5) is 4.79 Å². The number of rotatable bonds is 2. The molecule has 1 aliphatic carbocycles. The minimum Gasteiger partial charge on any atom is -0.337 e. The summed E-state index contributed by atoms with van der Waals surface area (Å²) in [6, 6.07) is 0.148. The number of amides is 2. The molecule has 86 valence electrons. The molecule has 0 aromatic carbocycles. The van der Waals surface area contributed by atoms with E-state index >= 15 is 0 Å². The molecule has 3 heteroatoms. The van der Waals surface area contributed by atoms with Crippen LogP contribution in [0, 0.1) is 11.3 Å². The lowest BCUT2D eigenvalue weighted by Crippen LogP contribution is -2.45. The van der Waals surface area contributed by atoms with Crippen LogP contribution in [-0.4, -0.2) is 30.6 Å². The molecule has 1 saturated heterocycles. The van der Waals surface area contributed by atoms with Crippen LogP contribution in [0.15, 0.2) is 0 Å². The predicted molar refractivity (Wildman–Crippen MR) is 60.7 cm³/mol. The molecule has 0 spiro atoms. The van der Waals surface area contributed by atoms with Gasteiger partial charge in [0, 0.05) is 19.6 Å². The second kappa shape index (κ2) is 4.03. The zero-order valence-corrected chi connectivity index (χ0v) is 9.88. The number of carbonyl (C=O) groups excluding carboxylic acids is 1. The molecule has 1 aliphatic heterocycles. The minimum atomic E-state index is 0.148. The first-order valence-corrected chi connectivity index (χ1v) is 6.12. The highest BCUT2D eigenvalue weighted by Crippen LogP contribution is 2.44. The molecule has 0 radical (unpaired) electrons. The van der Waals surface area contributed by atoms with Gasteiger partial charge in [-0.3, -0.25) is 0 Å². The summed E-state index contributed by atoms with van der Waals surface area (Å²) in [5.41, 5.74) is 0.415. The molecule has 2 fully saturated rings. The van der Waals surface area contributed by atoms with Gasteiger partial charge in [-0.25, -0.2) is 4.79 Å². The van der Waals surface area contributed by atoms with Gasteiger partial charge in [-0.2, -0.15) is 0 Å². The number of likely N-dealkylation sites (tertiary alicyclic amines) is 1. The molecule has 2 rings (SSSR count). The molecule has 1 saturated carbocycles. The van der Waals surface area contributed by atoms with E-state index in [1.807, 2.05) is 4.90 Å². The van der Waals surface area contributed by atoms with E-state index in [4.69, 9.17) is 0 Å². The van der Waals surface area contributed by atoms with Gasteiger partial charge in [0.2, 0.25) is 0 Å². The van der Waals surface area contributed by atoms with Gasteiger partial charge >= 0.3 is 6.03 Å². The number of hydrogen-bond acceptors (Lipinski definition) is 1. The number of nitrogens with one attached hydrogen (secondary N) is 1. The first-order chi connectivity index (χ1) is 7.09. The first kappa shape index (κ1) is 10.8. The SMILES string of the molecule is CC1CCN(C(=O)NCC2(C)CC2)CC1. The Morgan fingerprint density at radius 3 is 2.53 bits per heavy atom. The summed E-state index contributed by atoms with van der Waals surface area (Å²) < 4.78 is 0. The van der Waals surface area contributed by atoms with E-state index in [0.29, 0.717) is 5.41 Å². The standard InChI is InChI=1S/C12H22N2O/c1-10-3-7-14(8-4-10)11(15)13-9-12(2)5-6-12/h10H,3-9H2,1-2H3,(H,13,15). The Morgan fingerprint density at radius 2 is 2.00 bits per heavy atom. The Balaban J connectivity index is 1.71. The zero-order chi connectivity index (χ0) is 10.9. The normalized spacial score (nSPS) is 25.1. The molecule has 0 atom stereocenters. The molecule has 1 heterocycles. The van der Waals surface area contributed by atoms with E-state index in [0.717, 1.165) is 38.4 Å². The van der Waals surface area contributed by atoms with Crippen molar-refractivity contribution >= 4 is 6.03 Å². The summed E-state index contributed by atoms with van der Waals surface area (Å²) in [5, 5.41) is 3.06. The van der Waals surface area contributed by atoms with Crippen LogP contribution in [0.25, 0.3) is 0 Å². The summed E-state index contributed by atoms with van der Waals surface area (Å²) in [5.74, 6) is 0.787. The van der Waals surface area contributed by atoms with Gasteiger partial charge in [0.25, 0.3) is 0 Å². The van der Waals surface area contributed by atoms with Gasteiger partial charge in [-0.1, -0.05) is 13.8 Å². The molecule has 1 N–H and O–H groups in total. The maximum atomic E-state index is 11.8. The van der Waals surface area contributed by atoms with E-state index in [-0.39, 0.29) is 6.03 Å². The van der Waals surface area contributed by atoms with Gasteiger partial charge in [0.05, 0.1) is 0 Å². The largest absolute Gasteiger partial charge is 0.337 e. The van der Waals surface area contributed by atoms with Crippen molar-refractivity contribution in [2.45, 2.75) is 39.5 Å². The van der Waals surface area contributed by atoms with Gasteiger partial charge < -0.3 is 10.2 Å². The van der Waals surface area contributed by atoms with Gasteiger partial charge in [-0.15, -0.1) is 0 Å². The van der Waals surface area contributed by atoms with Crippen LogP contribution in [0.5, 0.6) is 0 Å². The van der Waals surface area contributed by atoms with E-state index in [9.17, 15) is 4.79 Å². The summed E-state index contributed by atoms with van der Waals surface area (Å²) >= 11 is 0. The summed E-state index contributed by atoms with van der Waals surface area (Å²) in [6.45, 7) is 7.23. The molecular formula is C12H22N2O. The Kier molecular flexibility index (Phi) is 2.89. The monoisotopic (exact) mass is 210 g/mol. The van der Waals surface area contributed by atoms with Crippen molar-refractivity contribution in [1.82, 2.24) is 10.2 Å². The number of carbonyl (C=O) groups is 1. The third-order valence-corrected chi connectivity index (χ3v) is 3.84. The number of nitrogens with zero attached hydrogens (tertiary/aromatic N) is 1. The van der Waals surface area contributed by atoms with Crippen molar-refractivity contribution in [3.05, 3.63) is 0 Å². The Morgan fingerprint density at radius 1 is 1.40 bits per heavy atom. The lowest BCUT2D eigenvalue weighted by Gasteiger charge is -2.30. The fraction of sp³-hybridized carbons (Fsp3) is 0.917. The van der Waals surface area contributed by atoms with Crippen molar-refractivity contribution in [2.24, 2.45) is 11.3 Å². The quantitative estimate of drug-likeness (QED) is 0.744. The lowest BCUT2D eigenvalue weighted by atomic mass is 10.00. The maximum Gasteiger partial charge on any atom is 0.317 e. The molecule has 0 bridgehead atoms. The number of hydrogen-bond donors (Lipinski definition) is 1. The van der Waals surface area contributed by atoms with Crippen LogP contribution in [0.2, 0.25) is 0 Å². The van der Waals surface area contributed by atoms with E-state index in [1.165, 1.54) is 12.8 Å². The van der Waals surface area contributed by atoms with Gasteiger partial charge in [-0.05, 0) is 37.0 Å². The molecule has 15 heavy (non-hydrogen) atoms. The maximum absolute atomic E-state index is 11.8. The molecule has 3 nitrogen and oxygen atoms in total. The second-order valence-corrected chi connectivity index (χ2v) is 5.64. The Labute approximate surface area is 92.2 Å². The van der Waals surface area contributed by atoms with Crippen molar-refractivity contribution in [1.29, 1.82) is 0 Å². The third-order valence-electron chi connectivity index (χ3n) is 3.84. The highest BCUT2D eigenvalue weighted by molar-refractivity contribution is 5.74. The Hall–Kier alpha value is -0.730. The highest BCUT2D eigenvalue weighted by atomic mass is 16.2. The molecule has 0 aromatic heterocycles. The van der Waals surface area contributed by atoms with Crippen molar-refractivity contribution in [2.75, 3.05) is 19.6 Å². The van der Waals surface area contributed by atoms with Crippen molar-refractivity contribution in [3.8, 4) is 0 Å². The van der Waals surface area contributed by atoms with Crippen LogP contribution in [0.3, 0.4) is 0 Å². The van der Waals surface area contributed by atoms with Crippen LogP contribution < -0.4 is 5.32 Å². The average Bonchev–Trinajstić information content (AvgIpc) is 2.95. The zero-order valence-electron chi connectivity index (χ0n) is 9.88. The molecule has 2 amide bonds. The van der Waals surface area contributed by atoms with E-state index in [1.54, 1.807) is 0 Å².